The van der Waals surface area contributed by atoms with E-state index in [1.165, 1.54) is 5.01 Å². The van der Waals surface area contributed by atoms with Crippen molar-refractivity contribution in [1.82, 2.24) is 30.1 Å². The van der Waals surface area contributed by atoms with E-state index in [1.807, 2.05) is 84.9 Å². The van der Waals surface area contributed by atoms with E-state index in [9.17, 15) is 14.4 Å². The van der Waals surface area contributed by atoms with Crippen molar-refractivity contribution < 1.29 is 14.4 Å². The summed E-state index contributed by atoms with van der Waals surface area (Å²) in [6.45, 7) is 0.736. The Kier molecular flexibility index (Phi) is 7.30. The lowest BCUT2D eigenvalue weighted by Crippen LogP contribution is -2.62. The third kappa shape index (κ3) is 5.10. The molecule has 0 spiro atoms. The van der Waals surface area contributed by atoms with Crippen LogP contribution in [0.2, 0.25) is 5.02 Å². The second-order valence-electron chi connectivity index (χ2n) is 10.2. The van der Waals surface area contributed by atoms with E-state index < -0.39 is 12.2 Å². The lowest BCUT2D eigenvalue weighted by atomic mass is 9.99. The van der Waals surface area contributed by atoms with Gasteiger partial charge < -0.3 is 15.1 Å². The highest BCUT2D eigenvalue weighted by Gasteiger charge is 2.52. The van der Waals surface area contributed by atoms with Crippen molar-refractivity contribution in [2.75, 3.05) is 20.1 Å². The number of halogens is 1. The molecule has 2 aliphatic rings. The summed E-state index contributed by atoms with van der Waals surface area (Å²) in [4.78, 5) is 48.6. The van der Waals surface area contributed by atoms with Crippen LogP contribution in [0.25, 0.3) is 10.9 Å². The fourth-order valence-corrected chi connectivity index (χ4v) is 5.84. The standard InChI is InChI=1S/C31H29ClN6O3/c1-35(31(41)34-17-21-9-4-2-5-10-21)37-20-27(39)38-26(37)19-36(30(40)29(38)23-11-6-3-7-12-23)18-24-25(32)15-14-22-13-8-16-33-28(22)24/h2-16,26,29H,17-20H2,1H3,(H,34,41)/t26-,29+/m1/s1. The molecule has 41 heavy (non-hydrogen) atoms. The number of nitrogens with zero attached hydrogens (tertiary/aromatic N) is 5. The molecule has 0 radical (unpaired) electrons. The van der Waals surface area contributed by atoms with E-state index in [0.29, 0.717) is 17.1 Å². The van der Waals surface area contributed by atoms with Gasteiger partial charge in [0.2, 0.25) is 5.91 Å². The first-order valence-electron chi connectivity index (χ1n) is 13.4. The summed E-state index contributed by atoms with van der Waals surface area (Å²) in [6, 6.07) is 25.2. The van der Waals surface area contributed by atoms with Crippen molar-refractivity contribution in [3.63, 3.8) is 0 Å². The topological polar surface area (TPSA) is 89.1 Å². The van der Waals surface area contributed by atoms with Crippen molar-refractivity contribution >= 4 is 40.3 Å². The van der Waals surface area contributed by atoms with Crippen LogP contribution in [-0.4, -0.2) is 69.0 Å². The van der Waals surface area contributed by atoms with Gasteiger partial charge in [-0.1, -0.05) is 84.4 Å². The Hall–Kier alpha value is -4.47. The number of hydrazine groups is 1. The van der Waals surface area contributed by atoms with Gasteiger partial charge in [-0.05, 0) is 23.3 Å². The molecule has 1 N–H and O–H groups in total. The number of nitrogens with one attached hydrogen (secondary N) is 1. The Labute approximate surface area is 242 Å². The van der Waals surface area contributed by atoms with Crippen LogP contribution in [0.15, 0.2) is 91.1 Å². The summed E-state index contributed by atoms with van der Waals surface area (Å²) in [6.07, 6.45) is 1.15. The fraction of sp³-hybridized carbons (Fsp3) is 0.226. The van der Waals surface area contributed by atoms with Gasteiger partial charge in [0.15, 0.2) is 0 Å². The second kappa shape index (κ2) is 11.2. The van der Waals surface area contributed by atoms with Gasteiger partial charge in [0.1, 0.15) is 12.2 Å². The van der Waals surface area contributed by atoms with Crippen molar-refractivity contribution in [3.8, 4) is 0 Å². The average molecular weight is 569 g/mol. The Balaban J connectivity index is 1.32. The molecule has 4 aromatic rings. The van der Waals surface area contributed by atoms with Crippen molar-refractivity contribution in [3.05, 3.63) is 113 Å². The Morgan fingerprint density at radius 2 is 1.73 bits per heavy atom. The molecular weight excluding hydrogens is 540 g/mol. The van der Waals surface area contributed by atoms with Crippen LogP contribution in [0.4, 0.5) is 4.79 Å². The minimum Gasteiger partial charge on any atom is -0.333 e. The summed E-state index contributed by atoms with van der Waals surface area (Å²) in [5.74, 6) is -0.424. The molecule has 0 aliphatic carbocycles. The first kappa shape index (κ1) is 26.7. The molecule has 2 aliphatic heterocycles. The maximum atomic E-state index is 14.1. The number of pyridine rings is 1. The highest BCUT2D eigenvalue weighted by atomic mass is 35.5. The summed E-state index contributed by atoms with van der Waals surface area (Å²) in [5.41, 5.74) is 3.14. The van der Waals surface area contributed by atoms with Crippen LogP contribution >= 0.6 is 11.6 Å². The minimum atomic E-state index is -0.838. The van der Waals surface area contributed by atoms with E-state index in [0.717, 1.165) is 22.0 Å². The average Bonchev–Trinajstić information content (AvgIpc) is 3.33. The number of aromatic nitrogens is 1. The van der Waals surface area contributed by atoms with Gasteiger partial charge in [-0.25, -0.2) is 4.79 Å². The molecule has 3 heterocycles. The maximum Gasteiger partial charge on any atom is 0.332 e. The largest absolute Gasteiger partial charge is 0.333 e. The zero-order valence-electron chi connectivity index (χ0n) is 22.5. The van der Waals surface area contributed by atoms with Crippen molar-refractivity contribution in [1.29, 1.82) is 0 Å². The quantitative estimate of drug-likeness (QED) is 0.377. The zero-order chi connectivity index (χ0) is 28.5. The molecule has 3 aromatic carbocycles. The second-order valence-corrected chi connectivity index (χ2v) is 10.6. The predicted octanol–water partition coefficient (Wildman–Crippen LogP) is 4.20. The molecule has 1 aromatic heterocycles. The van der Waals surface area contributed by atoms with Crippen LogP contribution in [-0.2, 0) is 22.7 Å². The maximum absolute atomic E-state index is 14.1. The van der Waals surface area contributed by atoms with E-state index in [-0.39, 0.29) is 37.5 Å². The van der Waals surface area contributed by atoms with Gasteiger partial charge >= 0.3 is 6.03 Å². The molecule has 208 valence electrons. The van der Waals surface area contributed by atoms with Crippen LogP contribution < -0.4 is 5.32 Å². The van der Waals surface area contributed by atoms with E-state index >= 15 is 0 Å². The first-order chi connectivity index (χ1) is 19.9. The Bertz CT molecular complexity index is 1600. The molecule has 2 atom stereocenters. The molecule has 0 saturated carbocycles. The highest BCUT2D eigenvalue weighted by molar-refractivity contribution is 6.32. The number of rotatable bonds is 6. The number of piperazine rings is 1. The van der Waals surface area contributed by atoms with Gasteiger partial charge in [-0.2, -0.15) is 5.01 Å². The third-order valence-electron chi connectivity index (χ3n) is 7.71. The number of carbonyl (C=O) groups excluding carboxylic acids is 3. The minimum absolute atomic E-state index is 0.0268. The smallest absolute Gasteiger partial charge is 0.332 e. The first-order valence-corrected chi connectivity index (χ1v) is 13.8. The molecular formula is C31H29ClN6O3. The molecule has 4 amide bonds. The molecule has 6 rings (SSSR count). The summed E-state index contributed by atoms with van der Waals surface area (Å²) >= 11 is 6.65. The van der Waals surface area contributed by atoms with Crippen LogP contribution in [0.5, 0.6) is 0 Å². The summed E-state index contributed by atoms with van der Waals surface area (Å²) in [7, 11) is 1.64. The molecule has 0 unspecified atom stereocenters. The number of benzene rings is 3. The predicted molar refractivity (Wildman–Crippen MR) is 155 cm³/mol. The molecule has 0 bridgehead atoms. The van der Waals surface area contributed by atoms with Crippen LogP contribution in [0, 0.1) is 0 Å². The van der Waals surface area contributed by atoms with E-state index in [1.54, 1.807) is 28.1 Å². The highest BCUT2D eigenvalue weighted by Crippen LogP contribution is 2.37. The van der Waals surface area contributed by atoms with Gasteiger partial charge in [0, 0.05) is 42.3 Å². The number of carbonyl (C=O) groups is 3. The van der Waals surface area contributed by atoms with Crippen molar-refractivity contribution in [2.45, 2.75) is 25.3 Å². The summed E-state index contributed by atoms with van der Waals surface area (Å²) < 4.78 is 0. The van der Waals surface area contributed by atoms with Gasteiger partial charge in [-0.3, -0.25) is 19.6 Å². The fourth-order valence-electron chi connectivity index (χ4n) is 5.63. The number of fused-ring (bicyclic) bond motifs is 2. The van der Waals surface area contributed by atoms with Gasteiger partial charge in [-0.15, -0.1) is 0 Å². The van der Waals surface area contributed by atoms with Crippen LogP contribution in [0.3, 0.4) is 0 Å². The summed E-state index contributed by atoms with van der Waals surface area (Å²) in [5, 5.41) is 7.52. The molecule has 10 heteroatoms. The lowest BCUT2D eigenvalue weighted by Gasteiger charge is -2.46. The Morgan fingerprint density at radius 3 is 2.49 bits per heavy atom. The lowest BCUT2D eigenvalue weighted by molar-refractivity contribution is -0.157. The normalized spacial score (nSPS) is 19.0. The molecule has 2 saturated heterocycles. The number of hydrogen-bond acceptors (Lipinski definition) is 5. The zero-order valence-corrected chi connectivity index (χ0v) is 23.2. The Morgan fingerprint density at radius 1 is 1.00 bits per heavy atom. The van der Waals surface area contributed by atoms with Crippen LogP contribution in [0.1, 0.15) is 22.7 Å². The van der Waals surface area contributed by atoms with Gasteiger partial charge in [0.05, 0.1) is 18.6 Å². The number of urea groups is 1. The number of amides is 4. The monoisotopic (exact) mass is 568 g/mol. The van der Waals surface area contributed by atoms with Crippen molar-refractivity contribution in [2.24, 2.45) is 0 Å². The number of hydrogen-bond donors (Lipinski definition) is 1. The SMILES string of the molecule is CN(C(=O)NCc1ccccc1)N1CC(=O)N2[C@@H](c3ccccc3)C(=O)N(Cc3c(Cl)ccc4cccnc34)C[C@@H]21. The molecule has 9 nitrogen and oxygen atoms in total. The third-order valence-corrected chi connectivity index (χ3v) is 8.06. The van der Waals surface area contributed by atoms with Gasteiger partial charge in [0.25, 0.3) is 5.91 Å². The van der Waals surface area contributed by atoms with E-state index in [4.69, 9.17) is 11.6 Å². The molecule has 2 fully saturated rings. The van der Waals surface area contributed by atoms with E-state index in [2.05, 4.69) is 10.3 Å².